The van der Waals surface area contributed by atoms with E-state index in [1.54, 1.807) is 12.1 Å². The first-order valence-corrected chi connectivity index (χ1v) is 9.52. The highest BCUT2D eigenvalue weighted by Gasteiger charge is 2.37. The van der Waals surface area contributed by atoms with E-state index in [1.807, 2.05) is 0 Å². The average Bonchev–Trinajstić information content (AvgIpc) is 3.00. The summed E-state index contributed by atoms with van der Waals surface area (Å²) in [7, 11) is -2.10. The van der Waals surface area contributed by atoms with Crippen LogP contribution in [0.5, 0.6) is 0 Å². The number of ether oxygens (including phenoxy) is 1. The molecule has 2 aliphatic heterocycles. The maximum atomic E-state index is 12.8. The molecule has 0 spiro atoms. The van der Waals surface area contributed by atoms with Crippen LogP contribution in [-0.4, -0.2) is 63.9 Å². The number of likely N-dealkylation sites (N-methyl/N-ethyl adjacent to an activating group) is 1. The van der Waals surface area contributed by atoms with Crippen molar-refractivity contribution in [3.8, 4) is 0 Å². The second kappa shape index (κ2) is 6.74. The molecule has 2 aliphatic rings. The van der Waals surface area contributed by atoms with Crippen LogP contribution in [0.3, 0.4) is 0 Å². The molecule has 25 heavy (non-hydrogen) atoms. The van der Waals surface area contributed by atoms with Gasteiger partial charge in [-0.15, -0.1) is 0 Å². The summed E-state index contributed by atoms with van der Waals surface area (Å²) < 4.78 is 32.2. The van der Waals surface area contributed by atoms with Gasteiger partial charge in [0, 0.05) is 39.2 Å². The Balaban J connectivity index is 1.96. The Bertz CT molecular complexity index is 802. The third-order valence-corrected chi connectivity index (χ3v) is 6.43. The van der Waals surface area contributed by atoms with Gasteiger partial charge in [-0.1, -0.05) is 0 Å². The lowest BCUT2D eigenvalue weighted by Crippen LogP contribution is -2.46. The van der Waals surface area contributed by atoms with Crippen molar-refractivity contribution in [2.75, 3.05) is 38.3 Å². The van der Waals surface area contributed by atoms with E-state index in [1.165, 1.54) is 29.2 Å². The molecule has 0 radical (unpaired) electrons. The quantitative estimate of drug-likeness (QED) is 0.793. The minimum Gasteiger partial charge on any atom is -0.379 e. The first-order valence-electron chi connectivity index (χ1n) is 8.08. The summed E-state index contributed by atoms with van der Waals surface area (Å²) in [5.74, 6) is -0.528. The highest BCUT2D eigenvalue weighted by atomic mass is 32.2. The summed E-state index contributed by atoms with van der Waals surface area (Å²) in [6, 6.07) is 4.01. The minimum absolute atomic E-state index is 0.175. The molecular formula is C16H21N3O5S. The number of nitrogens with zero attached hydrogens (tertiary/aromatic N) is 2. The Morgan fingerprint density at radius 2 is 1.92 bits per heavy atom. The molecule has 0 bridgehead atoms. The number of amides is 2. The highest BCUT2D eigenvalue weighted by Crippen LogP contribution is 2.34. The molecule has 136 valence electrons. The summed E-state index contributed by atoms with van der Waals surface area (Å²) in [6.07, 6.45) is 0.293. The topological polar surface area (TPSA) is 96.0 Å². The molecule has 1 aromatic rings. The van der Waals surface area contributed by atoms with Gasteiger partial charge in [-0.25, -0.2) is 8.42 Å². The second-order valence-electron chi connectivity index (χ2n) is 6.03. The van der Waals surface area contributed by atoms with Crippen molar-refractivity contribution in [1.82, 2.24) is 9.62 Å². The third-order valence-electron chi connectivity index (χ3n) is 4.53. The van der Waals surface area contributed by atoms with Crippen LogP contribution in [0.25, 0.3) is 0 Å². The fourth-order valence-corrected chi connectivity index (χ4v) is 4.75. The van der Waals surface area contributed by atoms with E-state index in [2.05, 4.69) is 5.32 Å². The second-order valence-corrected chi connectivity index (χ2v) is 7.97. The number of sulfonamides is 1. The van der Waals surface area contributed by atoms with Crippen molar-refractivity contribution >= 4 is 27.5 Å². The summed E-state index contributed by atoms with van der Waals surface area (Å²) in [6.45, 7) is 2.78. The number of hydrogen-bond donors (Lipinski definition) is 1. The molecule has 8 nitrogen and oxygen atoms in total. The number of morpholine rings is 1. The zero-order chi connectivity index (χ0) is 18.2. The number of rotatable bonds is 3. The molecule has 0 saturated carbocycles. The molecule has 1 atom stereocenters. The molecule has 1 saturated heterocycles. The van der Waals surface area contributed by atoms with Crippen LogP contribution in [0.15, 0.2) is 23.1 Å². The predicted molar refractivity (Wildman–Crippen MR) is 90.7 cm³/mol. The fraction of sp³-hybridized carbons (Fsp3) is 0.500. The summed E-state index contributed by atoms with van der Waals surface area (Å²) in [5.41, 5.74) is 1.26. The number of benzene rings is 1. The monoisotopic (exact) mass is 367 g/mol. The van der Waals surface area contributed by atoms with Gasteiger partial charge in [-0.2, -0.15) is 4.31 Å². The van der Waals surface area contributed by atoms with Gasteiger partial charge in [0.25, 0.3) is 0 Å². The molecule has 9 heteroatoms. The van der Waals surface area contributed by atoms with E-state index < -0.39 is 16.1 Å². The molecule has 1 N–H and O–H groups in total. The van der Waals surface area contributed by atoms with Crippen LogP contribution in [0.4, 0.5) is 5.69 Å². The third kappa shape index (κ3) is 3.14. The maximum absolute atomic E-state index is 12.8. The van der Waals surface area contributed by atoms with Gasteiger partial charge in [0.15, 0.2) is 0 Å². The molecule has 2 heterocycles. The van der Waals surface area contributed by atoms with Crippen LogP contribution >= 0.6 is 0 Å². The van der Waals surface area contributed by atoms with E-state index in [4.69, 9.17) is 4.74 Å². The first kappa shape index (κ1) is 17.8. The summed E-state index contributed by atoms with van der Waals surface area (Å²) >= 11 is 0. The number of nitrogens with one attached hydrogen (secondary N) is 1. The van der Waals surface area contributed by atoms with Crippen molar-refractivity contribution < 1.29 is 22.7 Å². The Morgan fingerprint density at radius 1 is 1.24 bits per heavy atom. The van der Waals surface area contributed by atoms with Gasteiger partial charge in [-0.05, 0) is 23.8 Å². The zero-order valence-electron chi connectivity index (χ0n) is 14.2. The van der Waals surface area contributed by atoms with Crippen LogP contribution in [-0.2, 0) is 30.8 Å². The van der Waals surface area contributed by atoms with Crippen LogP contribution in [0.1, 0.15) is 12.5 Å². The van der Waals surface area contributed by atoms with Crippen molar-refractivity contribution in [2.45, 2.75) is 24.3 Å². The fourth-order valence-electron chi connectivity index (χ4n) is 3.29. The Labute approximate surface area is 146 Å². The molecule has 1 fully saturated rings. The molecule has 3 rings (SSSR count). The number of fused-ring (bicyclic) bond motifs is 1. The smallest absolute Gasteiger partial charge is 0.243 e. The number of carbonyl (C=O) groups excluding carboxylic acids is 2. The highest BCUT2D eigenvalue weighted by molar-refractivity contribution is 7.89. The first-order chi connectivity index (χ1) is 11.9. The number of anilines is 1. The molecule has 0 unspecified atom stereocenters. The largest absolute Gasteiger partial charge is 0.379 e. The molecule has 2 amide bonds. The van der Waals surface area contributed by atoms with E-state index in [9.17, 15) is 18.0 Å². The van der Waals surface area contributed by atoms with Crippen molar-refractivity contribution in [2.24, 2.45) is 0 Å². The SMILES string of the molecule is CNC(=O)[C@H]1Cc2cc(S(=O)(=O)N3CCOCC3)ccc2N1C(C)=O. The van der Waals surface area contributed by atoms with Crippen molar-refractivity contribution in [3.05, 3.63) is 23.8 Å². The number of hydrogen-bond acceptors (Lipinski definition) is 5. The van der Waals surface area contributed by atoms with E-state index in [-0.39, 0.29) is 16.7 Å². The lowest BCUT2D eigenvalue weighted by Gasteiger charge is -2.26. The molecule has 1 aromatic carbocycles. The Hall–Kier alpha value is -1.97. The van der Waals surface area contributed by atoms with Crippen LogP contribution in [0.2, 0.25) is 0 Å². The lowest BCUT2D eigenvalue weighted by molar-refractivity contribution is -0.125. The Morgan fingerprint density at radius 3 is 2.52 bits per heavy atom. The van der Waals surface area contributed by atoms with Gasteiger partial charge in [0.2, 0.25) is 21.8 Å². The minimum atomic E-state index is -3.62. The maximum Gasteiger partial charge on any atom is 0.243 e. The lowest BCUT2D eigenvalue weighted by atomic mass is 10.1. The average molecular weight is 367 g/mol. The van der Waals surface area contributed by atoms with Gasteiger partial charge in [0.05, 0.1) is 18.1 Å². The Kier molecular flexibility index (Phi) is 4.81. The van der Waals surface area contributed by atoms with Crippen molar-refractivity contribution in [3.63, 3.8) is 0 Å². The van der Waals surface area contributed by atoms with Crippen LogP contribution in [0, 0.1) is 0 Å². The standard InChI is InChI=1S/C16H21N3O5S/c1-11(20)19-14-4-3-13(9-12(14)10-15(19)16(21)17-2)25(22,23)18-5-7-24-8-6-18/h3-4,9,15H,5-8,10H2,1-2H3,(H,17,21)/t15-/m1/s1. The summed E-state index contributed by atoms with van der Waals surface area (Å²) in [4.78, 5) is 25.6. The van der Waals surface area contributed by atoms with Gasteiger partial charge in [-0.3, -0.25) is 14.5 Å². The normalized spacial score (nSPS) is 21.0. The van der Waals surface area contributed by atoms with Gasteiger partial charge >= 0.3 is 0 Å². The molecule has 0 aromatic heterocycles. The van der Waals surface area contributed by atoms with E-state index in [0.717, 1.165) is 0 Å². The molecular weight excluding hydrogens is 346 g/mol. The van der Waals surface area contributed by atoms with Gasteiger partial charge in [0.1, 0.15) is 6.04 Å². The van der Waals surface area contributed by atoms with E-state index >= 15 is 0 Å². The number of carbonyl (C=O) groups is 2. The van der Waals surface area contributed by atoms with Crippen LogP contribution < -0.4 is 10.2 Å². The predicted octanol–water partition coefficient (Wildman–Crippen LogP) is -0.269. The molecule has 0 aliphatic carbocycles. The van der Waals surface area contributed by atoms with Crippen molar-refractivity contribution in [1.29, 1.82) is 0 Å². The van der Waals surface area contributed by atoms with Gasteiger partial charge < -0.3 is 10.1 Å². The van der Waals surface area contributed by atoms with E-state index in [0.29, 0.717) is 44.0 Å². The summed E-state index contributed by atoms with van der Waals surface area (Å²) in [5, 5.41) is 2.55. The zero-order valence-corrected chi connectivity index (χ0v) is 15.0.